The maximum atomic E-state index is 12.9. The van der Waals surface area contributed by atoms with Gasteiger partial charge in [0.15, 0.2) is 0 Å². The third-order valence-electron chi connectivity index (χ3n) is 3.45. The maximum absolute atomic E-state index is 12.9. The number of benzene rings is 2. The summed E-state index contributed by atoms with van der Waals surface area (Å²) in [5, 5.41) is 5.63. The number of nitrogens with one attached hydrogen (secondary N) is 1. The number of hydrogen-bond donors (Lipinski definition) is 1. The van der Waals surface area contributed by atoms with Crippen LogP contribution in [-0.4, -0.2) is 10.9 Å². The summed E-state index contributed by atoms with van der Waals surface area (Å²) in [4.78, 5) is 17.6. The van der Waals surface area contributed by atoms with Crippen molar-refractivity contribution in [2.75, 3.05) is 5.32 Å². The Bertz CT molecular complexity index is 845. The number of carbonyl (C=O) groups excluding carboxylic acids is 1. The van der Waals surface area contributed by atoms with Crippen molar-refractivity contribution >= 4 is 34.7 Å². The van der Waals surface area contributed by atoms with Crippen molar-refractivity contribution in [3.63, 3.8) is 0 Å². The average Bonchev–Trinajstić information content (AvgIpc) is 3.04. The summed E-state index contributed by atoms with van der Waals surface area (Å²) in [5.41, 5.74) is 2.87. The van der Waals surface area contributed by atoms with Gasteiger partial charge in [-0.25, -0.2) is 9.37 Å². The van der Waals surface area contributed by atoms with E-state index in [1.54, 1.807) is 23.9 Å². The van der Waals surface area contributed by atoms with Gasteiger partial charge in [-0.05, 0) is 43.3 Å². The van der Waals surface area contributed by atoms with Crippen LogP contribution in [0.25, 0.3) is 0 Å². The number of rotatable bonds is 6. The molecule has 0 radical (unpaired) electrons. The smallest absolute Gasteiger partial charge is 0.231 e. The molecule has 128 valence electrons. The van der Waals surface area contributed by atoms with Crippen molar-refractivity contribution in [2.45, 2.75) is 24.0 Å². The Morgan fingerprint density at radius 3 is 2.60 bits per heavy atom. The van der Waals surface area contributed by atoms with Gasteiger partial charge < -0.3 is 5.32 Å². The summed E-state index contributed by atoms with van der Waals surface area (Å²) in [7, 11) is 0. The van der Waals surface area contributed by atoms with Crippen molar-refractivity contribution in [1.29, 1.82) is 0 Å². The molecule has 3 aromatic rings. The second kappa shape index (κ2) is 8.27. The van der Waals surface area contributed by atoms with Crippen LogP contribution in [0.15, 0.2) is 58.8 Å². The molecule has 3 rings (SSSR count). The molecular formula is C19H17FN2OS2. The minimum Gasteiger partial charge on any atom is -0.326 e. The third kappa shape index (κ3) is 5.41. The third-order valence-corrected chi connectivity index (χ3v) is 5.39. The average molecular weight is 372 g/mol. The topological polar surface area (TPSA) is 42.0 Å². The van der Waals surface area contributed by atoms with Gasteiger partial charge in [-0.1, -0.05) is 17.7 Å². The molecule has 25 heavy (non-hydrogen) atoms. The zero-order chi connectivity index (χ0) is 17.6. The molecule has 2 aromatic carbocycles. The molecule has 3 nitrogen and oxygen atoms in total. The lowest BCUT2D eigenvalue weighted by Gasteiger charge is -2.04. The van der Waals surface area contributed by atoms with E-state index in [9.17, 15) is 9.18 Å². The summed E-state index contributed by atoms with van der Waals surface area (Å²) >= 11 is 3.08. The van der Waals surface area contributed by atoms with E-state index in [4.69, 9.17) is 0 Å². The number of aromatic nitrogens is 1. The van der Waals surface area contributed by atoms with Gasteiger partial charge in [0.05, 0.1) is 12.1 Å². The molecule has 0 bridgehead atoms. The molecule has 0 fully saturated rings. The van der Waals surface area contributed by atoms with Crippen LogP contribution in [0.3, 0.4) is 0 Å². The lowest BCUT2D eigenvalue weighted by atomic mass is 10.2. The van der Waals surface area contributed by atoms with Gasteiger partial charge in [0.25, 0.3) is 0 Å². The number of halogens is 1. The maximum Gasteiger partial charge on any atom is 0.231 e. The molecule has 6 heteroatoms. The predicted octanol–water partition coefficient (Wildman–Crippen LogP) is 5.06. The van der Waals surface area contributed by atoms with E-state index in [1.165, 1.54) is 23.5 Å². The van der Waals surface area contributed by atoms with Crippen LogP contribution >= 0.6 is 23.1 Å². The minimum atomic E-state index is -0.236. The highest BCUT2D eigenvalue weighted by molar-refractivity contribution is 7.98. The van der Waals surface area contributed by atoms with E-state index in [0.29, 0.717) is 5.75 Å². The van der Waals surface area contributed by atoms with Crippen LogP contribution < -0.4 is 5.32 Å². The first-order valence-electron chi connectivity index (χ1n) is 7.77. The molecule has 0 spiro atoms. The van der Waals surface area contributed by atoms with Gasteiger partial charge in [-0.3, -0.25) is 4.79 Å². The fourth-order valence-electron chi connectivity index (χ4n) is 2.16. The number of aryl methyl sites for hydroxylation is 1. The van der Waals surface area contributed by atoms with Gasteiger partial charge in [-0.2, -0.15) is 0 Å². The number of thioether (sulfide) groups is 1. The SMILES string of the molecule is Cc1ccc(NC(=O)Cc2nc(CSc3ccc(F)cc3)cs2)cc1. The normalized spacial score (nSPS) is 10.6. The van der Waals surface area contributed by atoms with E-state index in [1.807, 2.05) is 36.6 Å². The van der Waals surface area contributed by atoms with E-state index in [2.05, 4.69) is 10.3 Å². The highest BCUT2D eigenvalue weighted by atomic mass is 32.2. The van der Waals surface area contributed by atoms with Crippen molar-refractivity contribution in [2.24, 2.45) is 0 Å². The van der Waals surface area contributed by atoms with E-state index in [-0.39, 0.29) is 18.1 Å². The summed E-state index contributed by atoms with van der Waals surface area (Å²) in [5.74, 6) is 0.387. The Hall–Kier alpha value is -2.18. The highest BCUT2D eigenvalue weighted by Crippen LogP contribution is 2.24. The number of amides is 1. The second-order valence-electron chi connectivity index (χ2n) is 5.57. The molecule has 1 N–H and O–H groups in total. The predicted molar refractivity (Wildman–Crippen MR) is 102 cm³/mol. The monoisotopic (exact) mass is 372 g/mol. The fraction of sp³-hybridized carbons (Fsp3) is 0.158. The van der Waals surface area contributed by atoms with E-state index < -0.39 is 0 Å². The van der Waals surface area contributed by atoms with Crippen LogP contribution in [0.2, 0.25) is 0 Å². The molecule has 0 aliphatic heterocycles. The first-order chi connectivity index (χ1) is 12.1. The number of hydrogen-bond acceptors (Lipinski definition) is 4. The zero-order valence-corrected chi connectivity index (χ0v) is 15.3. The zero-order valence-electron chi connectivity index (χ0n) is 13.7. The number of carbonyl (C=O) groups is 1. The summed E-state index contributed by atoms with van der Waals surface area (Å²) in [6.45, 7) is 2.01. The quantitative estimate of drug-likeness (QED) is 0.615. The van der Waals surface area contributed by atoms with Gasteiger partial charge in [0, 0.05) is 21.7 Å². The van der Waals surface area contributed by atoms with Gasteiger partial charge in [0.2, 0.25) is 5.91 Å². The standard InChI is InChI=1S/C19H17FN2OS2/c1-13-2-6-15(7-3-13)21-18(23)10-19-22-16(12-25-19)11-24-17-8-4-14(20)5-9-17/h2-9,12H,10-11H2,1H3,(H,21,23). The van der Waals surface area contributed by atoms with Crippen molar-refractivity contribution in [1.82, 2.24) is 4.98 Å². The summed E-state index contributed by atoms with van der Waals surface area (Å²) < 4.78 is 12.9. The molecule has 1 heterocycles. The number of thiazole rings is 1. The molecule has 0 aliphatic rings. The Balaban J connectivity index is 1.51. The lowest BCUT2D eigenvalue weighted by molar-refractivity contribution is -0.115. The Kier molecular flexibility index (Phi) is 5.83. The second-order valence-corrected chi connectivity index (χ2v) is 7.56. The molecule has 0 aliphatic carbocycles. The first-order valence-corrected chi connectivity index (χ1v) is 9.63. The lowest BCUT2D eigenvalue weighted by Crippen LogP contribution is -2.14. The van der Waals surface area contributed by atoms with Crippen LogP contribution in [-0.2, 0) is 17.0 Å². The molecule has 0 atom stereocenters. The Morgan fingerprint density at radius 2 is 1.88 bits per heavy atom. The number of nitrogens with zero attached hydrogens (tertiary/aromatic N) is 1. The highest BCUT2D eigenvalue weighted by Gasteiger charge is 2.09. The summed E-state index contributed by atoms with van der Waals surface area (Å²) in [6.07, 6.45) is 0.264. The van der Waals surface area contributed by atoms with Gasteiger partial charge in [0.1, 0.15) is 10.8 Å². The van der Waals surface area contributed by atoms with Crippen molar-refractivity contribution < 1.29 is 9.18 Å². The van der Waals surface area contributed by atoms with Crippen LogP contribution in [0.1, 0.15) is 16.3 Å². The summed E-state index contributed by atoms with van der Waals surface area (Å²) in [6, 6.07) is 14.1. The Labute approximate surface area is 154 Å². The molecule has 1 amide bonds. The molecule has 0 saturated heterocycles. The molecular weight excluding hydrogens is 355 g/mol. The van der Waals surface area contributed by atoms with Crippen LogP contribution in [0.4, 0.5) is 10.1 Å². The van der Waals surface area contributed by atoms with Crippen molar-refractivity contribution in [3.8, 4) is 0 Å². The van der Waals surface area contributed by atoms with E-state index >= 15 is 0 Å². The molecule has 0 unspecified atom stereocenters. The van der Waals surface area contributed by atoms with Gasteiger partial charge >= 0.3 is 0 Å². The van der Waals surface area contributed by atoms with Crippen molar-refractivity contribution in [3.05, 3.63) is 76.0 Å². The largest absolute Gasteiger partial charge is 0.326 e. The first kappa shape index (κ1) is 17.6. The van der Waals surface area contributed by atoms with E-state index in [0.717, 1.165) is 26.8 Å². The molecule has 1 aromatic heterocycles. The van der Waals surface area contributed by atoms with Crippen LogP contribution in [0.5, 0.6) is 0 Å². The minimum absolute atomic E-state index is 0.0732. The molecule has 0 saturated carbocycles. The van der Waals surface area contributed by atoms with Crippen LogP contribution in [0, 0.1) is 12.7 Å². The Morgan fingerprint density at radius 1 is 1.16 bits per heavy atom. The number of anilines is 1. The fourth-order valence-corrected chi connectivity index (χ4v) is 3.85. The van der Waals surface area contributed by atoms with Gasteiger partial charge in [-0.15, -0.1) is 23.1 Å².